The van der Waals surface area contributed by atoms with Gasteiger partial charge in [-0.2, -0.15) is 0 Å². The molecule has 2 aliphatic rings. The van der Waals surface area contributed by atoms with Crippen molar-refractivity contribution in [2.24, 2.45) is 5.92 Å². The quantitative estimate of drug-likeness (QED) is 0.897. The van der Waals surface area contributed by atoms with Gasteiger partial charge in [-0.1, -0.05) is 6.07 Å². The minimum absolute atomic E-state index is 0.239. The number of hydrogen-bond donors (Lipinski definition) is 1. The summed E-state index contributed by atoms with van der Waals surface area (Å²) in [7, 11) is 0. The predicted molar refractivity (Wildman–Crippen MR) is 81.8 cm³/mol. The summed E-state index contributed by atoms with van der Waals surface area (Å²) in [6.45, 7) is 5.13. The van der Waals surface area contributed by atoms with E-state index in [0.717, 1.165) is 32.6 Å². The molecule has 1 aromatic heterocycles. The summed E-state index contributed by atoms with van der Waals surface area (Å²) in [6.07, 6.45) is 9.66. The van der Waals surface area contributed by atoms with Crippen LogP contribution in [0.3, 0.4) is 0 Å². The number of carbonyl (C=O) groups is 1. The van der Waals surface area contributed by atoms with E-state index in [4.69, 9.17) is 0 Å². The molecular formula is C17H26N3O+. The Balaban J connectivity index is 1.56. The lowest BCUT2D eigenvalue weighted by Crippen LogP contribution is -3.12. The number of hydrogen-bond acceptors (Lipinski definition) is 2. The minimum Gasteiger partial charge on any atom is -0.342 e. The molecule has 21 heavy (non-hydrogen) atoms. The third kappa shape index (κ3) is 3.82. The molecule has 1 aromatic rings. The Hall–Kier alpha value is -1.42. The summed E-state index contributed by atoms with van der Waals surface area (Å²) in [4.78, 5) is 20.5. The van der Waals surface area contributed by atoms with Crippen LogP contribution in [0.15, 0.2) is 24.5 Å². The van der Waals surface area contributed by atoms with Crippen molar-refractivity contribution in [3.8, 4) is 0 Å². The van der Waals surface area contributed by atoms with E-state index in [1.807, 2.05) is 18.5 Å². The van der Waals surface area contributed by atoms with Crippen LogP contribution in [0.5, 0.6) is 0 Å². The van der Waals surface area contributed by atoms with Gasteiger partial charge in [-0.25, -0.2) is 0 Å². The van der Waals surface area contributed by atoms with Gasteiger partial charge in [0, 0.05) is 31.0 Å². The van der Waals surface area contributed by atoms with E-state index in [-0.39, 0.29) is 5.92 Å². The van der Waals surface area contributed by atoms with E-state index in [1.54, 1.807) is 0 Å². The van der Waals surface area contributed by atoms with Gasteiger partial charge in [-0.05, 0) is 38.2 Å². The summed E-state index contributed by atoms with van der Waals surface area (Å²) in [5.41, 5.74) is 1.28. The Morgan fingerprint density at radius 1 is 1.29 bits per heavy atom. The third-order valence-electron chi connectivity index (χ3n) is 4.81. The molecule has 0 aromatic carbocycles. The molecule has 0 aliphatic carbocycles. The first-order chi connectivity index (χ1) is 10.3. The van der Waals surface area contributed by atoms with Crippen LogP contribution in [0.25, 0.3) is 0 Å². The zero-order chi connectivity index (χ0) is 14.5. The van der Waals surface area contributed by atoms with E-state index in [0.29, 0.717) is 5.91 Å². The molecule has 0 bridgehead atoms. The lowest BCUT2D eigenvalue weighted by molar-refractivity contribution is -0.921. The fourth-order valence-electron chi connectivity index (χ4n) is 3.69. The average molecular weight is 288 g/mol. The lowest BCUT2D eigenvalue weighted by Gasteiger charge is -2.34. The van der Waals surface area contributed by atoms with Gasteiger partial charge >= 0.3 is 0 Å². The number of carbonyl (C=O) groups excluding carboxylic acids is 1. The first kappa shape index (κ1) is 14.5. The van der Waals surface area contributed by atoms with Crippen molar-refractivity contribution in [3.63, 3.8) is 0 Å². The van der Waals surface area contributed by atoms with Crippen molar-refractivity contribution < 1.29 is 9.69 Å². The van der Waals surface area contributed by atoms with Crippen LogP contribution < -0.4 is 4.90 Å². The van der Waals surface area contributed by atoms with Crippen LogP contribution in [-0.2, 0) is 11.3 Å². The zero-order valence-electron chi connectivity index (χ0n) is 12.8. The molecule has 0 saturated carbocycles. The first-order valence-electron chi connectivity index (χ1n) is 8.34. The second-order valence-electron chi connectivity index (χ2n) is 6.47. The smallest absolute Gasteiger partial charge is 0.231 e. The van der Waals surface area contributed by atoms with E-state index in [2.05, 4.69) is 16.0 Å². The fourth-order valence-corrected chi connectivity index (χ4v) is 3.69. The molecule has 2 saturated heterocycles. The molecule has 2 unspecified atom stereocenters. The highest BCUT2D eigenvalue weighted by Gasteiger charge is 2.32. The number of aromatic nitrogens is 1. The van der Waals surface area contributed by atoms with E-state index in [1.165, 1.54) is 42.7 Å². The van der Waals surface area contributed by atoms with Gasteiger partial charge < -0.3 is 9.80 Å². The Kier molecular flexibility index (Phi) is 4.86. The molecule has 2 aliphatic heterocycles. The lowest BCUT2D eigenvalue weighted by atomic mass is 9.95. The molecule has 4 nitrogen and oxygen atoms in total. The van der Waals surface area contributed by atoms with Gasteiger partial charge in [0.15, 0.2) is 0 Å². The summed E-state index contributed by atoms with van der Waals surface area (Å²) in [5.74, 6) is 0.654. The second kappa shape index (κ2) is 7.03. The molecular weight excluding hydrogens is 262 g/mol. The average Bonchev–Trinajstić information content (AvgIpc) is 2.56. The van der Waals surface area contributed by atoms with Crippen molar-refractivity contribution in [1.29, 1.82) is 0 Å². The number of quaternary nitrogens is 1. The topological polar surface area (TPSA) is 37.6 Å². The number of nitrogens with one attached hydrogen (secondary N) is 1. The van der Waals surface area contributed by atoms with Crippen LogP contribution in [0.1, 0.15) is 37.7 Å². The van der Waals surface area contributed by atoms with Gasteiger partial charge in [0.25, 0.3) is 0 Å². The molecule has 1 amide bonds. The Labute approximate surface area is 127 Å². The van der Waals surface area contributed by atoms with Crippen LogP contribution >= 0.6 is 0 Å². The Bertz CT molecular complexity index is 456. The van der Waals surface area contributed by atoms with Crippen molar-refractivity contribution in [2.75, 3.05) is 26.2 Å². The third-order valence-corrected chi connectivity index (χ3v) is 4.81. The van der Waals surface area contributed by atoms with Crippen molar-refractivity contribution in [2.45, 2.75) is 38.6 Å². The maximum atomic E-state index is 12.7. The molecule has 3 heterocycles. The van der Waals surface area contributed by atoms with Gasteiger partial charge in [0.2, 0.25) is 5.91 Å². The summed E-state index contributed by atoms with van der Waals surface area (Å²) in [5, 5.41) is 0. The molecule has 0 spiro atoms. The van der Waals surface area contributed by atoms with Gasteiger partial charge in [0.1, 0.15) is 6.54 Å². The molecule has 3 rings (SSSR count). The second-order valence-corrected chi connectivity index (χ2v) is 6.47. The highest BCUT2D eigenvalue weighted by Crippen LogP contribution is 2.16. The largest absolute Gasteiger partial charge is 0.342 e. The number of piperidine rings is 2. The van der Waals surface area contributed by atoms with Crippen molar-refractivity contribution in [3.05, 3.63) is 30.1 Å². The molecule has 0 radical (unpaired) electrons. The highest BCUT2D eigenvalue weighted by molar-refractivity contribution is 5.79. The van der Waals surface area contributed by atoms with E-state index < -0.39 is 0 Å². The molecule has 2 fully saturated rings. The summed E-state index contributed by atoms with van der Waals surface area (Å²) in [6, 6.07) is 4.13. The summed E-state index contributed by atoms with van der Waals surface area (Å²) < 4.78 is 0. The van der Waals surface area contributed by atoms with Crippen molar-refractivity contribution >= 4 is 5.91 Å². The number of rotatable bonds is 3. The Morgan fingerprint density at radius 3 is 2.90 bits per heavy atom. The number of pyridine rings is 1. The molecule has 114 valence electrons. The van der Waals surface area contributed by atoms with Gasteiger partial charge in [-0.15, -0.1) is 0 Å². The van der Waals surface area contributed by atoms with E-state index >= 15 is 0 Å². The van der Waals surface area contributed by atoms with E-state index in [9.17, 15) is 4.79 Å². The Morgan fingerprint density at radius 2 is 2.14 bits per heavy atom. The van der Waals surface area contributed by atoms with Crippen LogP contribution in [0.2, 0.25) is 0 Å². The minimum atomic E-state index is 0.239. The SMILES string of the molecule is O=C(C1CCC[NH+](Cc2cccnc2)C1)N1CCCCC1. The van der Waals surface area contributed by atoms with Gasteiger partial charge in [0.05, 0.1) is 19.0 Å². The highest BCUT2D eigenvalue weighted by atomic mass is 16.2. The molecule has 1 N–H and O–H groups in total. The van der Waals surface area contributed by atoms with Gasteiger partial charge in [-0.3, -0.25) is 9.78 Å². The molecule has 2 atom stereocenters. The standard InChI is InChI=1S/C17H25N3O/c21-17(20-10-2-1-3-11-20)16-7-5-9-19(14-16)13-15-6-4-8-18-12-15/h4,6,8,12,16H,1-3,5,7,9-11,13-14H2/p+1. The number of likely N-dealkylation sites (tertiary alicyclic amines) is 2. The van der Waals surface area contributed by atoms with Crippen LogP contribution in [0, 0.1) is 5.92 Å². The normalized spacial score (nSPS) is 26.6. The first-order valence-corrected chi connectivity index (χ1v) is 8.34. The zero-order valence-corrected chi connectivity index (χ0v) is 12.8. The predicted octanol–water partition coefficient (Wildman–Crippen LogP) is 0.889. The van der Waals surface area contributed by atoms with Crippen LogP contribution in [-0.4, -0.2) is 42.0 Å². The maximum Gasteiger partial charge on any atom is 0.231 e. The fraction of sp³-hybridized carbons (Fsp3) is 0.647. The summed E-state index contributed by atoms with van der Waals surface area (Å²) >= 11 is 0. The number of amides is 1. The maximum absolute atomic E-state index is 12.7. The number of nitrogens with zero attached hydrogens (tertiary/aromatic N) is 2. The molecule has 4 heteroatoms. The van der Waals surface area contributed by atoms with Crippen LogP contribution in [0.4, 0.5) is 0 Å². The van der Waals surface area contributed by atoms with Crippen molar-refractivity contribution in [1.82, 2.24) is 9.88 Å². The monoisotopic (exact) mass is 288 g/mol.